The number of hydrogen-bond acceptors (Lipinski definition) is 4. The predicted molar refractivity (Wildman–Crippen MR) is 173 cm³/mol. The van der Waals surface area contributed by atoms with Crippen molar-refractivity contribution in [1.82, 2.24) is 0 Å². The first-order valence-corrected chi connectivity index (χ1v) is 15.3. The van der Waals surface area contributed by atoms with Crippen LogP contribution in [0.2, 0.25) is 0 Å². The van der Waals surface area contributed by atoms with E-state index in [0.717, 1.165) is 63.2 Å². The summed E-state index contributed by atoms with van der Waals surface area (Å²) in [6.45, 7) is 7.10. The molecule has 218 valence electrons. The van der Waals surface area contributed by atoms with Gasteiger partial charge in [-0.05, 0) is 93.1 Å². The maximum atomic E-state index is 14.4. The molecule has 0 unspecified atom stereocenters. The molecule has 0 bridgehead atoms. The van der Waals surface area contributed by atoms with Crippen molar-refractivity contribution in [3.63, 3.8) is 0 Å². The lowest BCUT2D eigenvalue weighted by Gasteiger charge is -2.55. The first-order valence-electron chi connectivity index (χ1n) is 15.3. The number of fused-ring (bicyclic) bond motifs is 5. The third-order valence-corrected chi connectivity index (χ3v) is 10.5. The molecule has 5 aromatic carbocycles. The molecule has 0 heterocycles. The van der Waals surface area contributed by atoms with E-state index in [-0.39, 0.29) is 22.5 Å². The van der Waals surface area contributed by atoms with Gasteiger partial charge in [0.2, 0.25) is 0 Å². The van der Waals surface area contributed by atoms with Crippen LogP contribution >= 0.6 is 0 Å². The van der Waals surface area contributed by atoms with E-state index in [1.807, 2.05) is 60.7 Å². The van der Waals surface area contributed by atoms with Gasteiger partial charge >= 0.3 is 5.97 Å². The van der Waals surface area contributed by atoms with E-state index in [9.17, 15) is 9.90 Å². The van der Waals surface area contributed by atoms with E-state index in [1.165, 1.54) is 12.0 Å². The van der Waals surface area contributed by atoms with Crippen molar-refractivity contribution < 1.29 is 19.4 Å². The van der Waals surface area contributed by atoms with Gasteiger partial charge in [0.05, 0.1) is 13.0 Å². The molecule has 0 radical (unpaired) electrons. The van der Waals surface area contributed by atoms with Crippen LogP contribution in [0.4, 0.5) is 0 Å². The molecule has 3 atom stereocenters. The average molecular weight is 571 g/mol. The fourth-order valence-electron chi connectivity index (χ4n) is 8.39. The number of phenols is 1. The van der Waals surface area contributed by atoms with Crippen LogP contribution in [0, 0.1) is 11.3 Å². The zero-order valence-corrected chi connectivity index (χ0v) is 25.3. The van der Waals surface area contributed by atoms with Gasteiger partial charge in [-0.3, -0.25) is 4.79 Å². The molecular formula is C39H38O4. The lowest BCUT2D eigenvalue weighted by atomic mass is 9.49. The zero-order valence-electron chi connectivity index (χ0n) is 25.3. The molecule has 0 aromatic heterocycles. The van der Waals surface area contributed by atoms with Crippen molar-refractivity contribution in [2.24, 2.45) is 11.3 Å². The lowest BCUT2D eigenvalue weighted by molar-refractivity contribution is -0.137. The number of carbonyl (C=O) groups is 1. The van der Waals surface area contributed by atoms with E-state index >= 15 is 0 Å². The summed E-state index contributed by atoms with van der Waals surface area (Å²) in [5.74, 6) is 1.23. The molecular weight excluding hydrogens is 532 g/mol. The Balaban J connectivity index is 1.37. The van der Waals surface area contributed by atoms with E-state index < -0.39 is 5.92 Å². The highest BCUT2D eigenvalue weighted by Crippen LogP contribution is 2.60. The summed E-state index contributed by atoms with van der Waals surface area (Å²) in [7, 11) is 1.70. The Labute approximate surface area is 253 Å². The number of esters is 1. The van der Waals surface area contributed by atoms with E-state index in [2.05, 4.69) is 45.0 Å². The van der Waals surface area contributed by atoms with Crippen LogP contribution in [-0.2, 0) is 10.2 Å². The number of hydrogen-bond donors (Lipinski definition) is 1. The van der Waals surface area contributed by atoms with Gasteiger partial charge in [-0.1, -0.05) is 93.9 Å². The lowest BCUT2D eigenvalue weighted by Crippen LogP contribution is -2.49. The second-order valence-electron chi connectivity index (χ2n) is 13.3. The van der Waals surface area contributed by atoms with Crippen molar-refractivity contribution in [3.05, 3.63) is 102 Å². The Morgan fingerprint density at radius 2 is 1.63 bits per heavy atom. The highest BCUT2D eigenvalue weighted by atomic mass is 16.5. The molecule has 0 amide bonds. The Morgan fingerprint density at radius 1 is 0.860 bits per heavy atom. The topological polar surface area (TPSA) is 55.8 Å². The second kappa shape index (κ2) is 10.2. The fraction of sp³-hybridized carbons (Fsp3) is 0.308. The number of aromatic hydroxyl groups is 1. The summed E-state index contributed by atoms with van der Waals surface area (Å²) in [5, 5.41) is 14.7. The number of ether oxygens (including phenoxy) is 2. The molecule has 2 aliphatic rings. The van der Waals surface area contributed by atoms with Crippen molar-refractivity contribution in [3.8, 4) is 28.4 Å². The maximum absolute atomic E-state index is 14.4. The smallest absolute Gasteiger partial charge is 0.318 e. The van der Waals surface area contributed by atoms with E-state index in [1.54, 1.807) is 13.2 Å². The molecule has 2 aliphatic carbocycles. The number of phenolic OH excluding ortho intramolecular Hbond substituents is 1. The number of rotatable bonds is 4. The number of methoxy groups -OCH3 is 1. The number of benzene rings is 5. The van der Waals surface area contributed by atoms with Gasteiger partial charge in [0, 0.05) is 10.9 Å². The quantitative estimate of drug-likeness (QED) is 0.173. The molecule has 4 heteroatoms. The molecule has 0 saturated heterocycles. The Hall–Kier alpha value is -4.31. The van der Waals surface area contributed by atoms with Gasteiger partial charge in [-0.15, -0.1) is 0 Å². The molecule has 1 fully saturated rings. The van der Waals surface area contributed by atoms with Crippen LogP contribution < -0.4 is 9.47 Å². The molecule has 1 saturated carbocycles. The van der Waals surface area contributed by atoms with E-state index in [0.29, 0.717) is 11.7 Å². The molecule has 4 nitrogen and oxygen atoms in total. The Bertz CT molecular complexity index is 1880. The van der Waals surface area contributed by atoms with Gasteiger partial charge in [0.25, 0.3) is 0 Å². The third-order valence-electron chi connectivity index (χ3n) is 10.5. The highest BCUT2D eigenvalue weighted by Gasteiger charge is 2.53. The Morgan fingerprint density at radius 3 is 2.44 bits per heavy atom. The minimum atomic E-state index is -0.392. The van der Waals surface area contributed by atoms with Crippen LogP contribution in [0.15, 0.2) is 91.0 Å². The summed E-state index contributed by atoms with van der Waals surface area (Å²) in [4.78, 5) is 14.4. The van der Waals surface area contributed by atoms with Crippen molar-refractivity contribution in [2.75, 3.05) is 7.11 Å². The van der Waals surface area contributed by atoms with Crippen LogP contribution in [0.1, 0.15) is 63.5 Å². The standard InChI is InChI=1S/C39H38O4/c1-38(2)20-9-21-39(3)31-22-26(42-4)17-18-28(31)30(23-34(38)39)37(41)43-33-19-16-24-10-5-6-13-27(24)36(33)29-14-7-11-25-12-8-15-32(40)35(25)29/h5-8,10-19,22,30,34,40H,9,20-21,23H2,1-4H3/t30-,34+,39-/m1/s1. The summed E-state index contributed by atoms with van der Waals surface area (Å²) in [6, 6.07) is 29.8. The highest BCUT2D eigenvalue weighted by molar-refractivity contribution is 6.10. The van der Waals surface area contributed by atoms with Crippen LogP contribution in [-0.4, -0.2) is 18.2 Å². The molecule has 43 heavy (non-hydrogen) atoms. The normalized spacial score (nSPS) is 22.5. The third kappa shape index (κ3) is 4.38. The average Bonchev–Trinajstić information content (AvgIpc) is 3.00. The maximum Gasteiger partial charge on any atom is 0.318 e. The zero-order chi connectivity index (χ0) is 29.9. The second-order valence-corrected chi connectivity index (χ2v) is 13.3. The molecule has 0 aliphatic heterocycles. The van der Waals surface area contributed by atoms with E-state index in [4.69, 9.17) is 9.47 Å². The molecule has 1 N–H and O–H groups in total. The van der Waals surface area contributed by atoms with Crippen LogP contribution in [0.25, 0.3) is 32.7 Å². The van der Waals surface area contributed by atoms with Gasteiger partial charge < -0.3 is 14.6 Å². The largest absolute Gasteiger partial charge is 0.507 e. The minimum Gasteiger partial charge on any atom is -0.507 e. The minimum absolute atomic E-state index is 0.0308. The van der Waals surface area contributed by atoms with Crippen LogP contribution in [0.5, 0.6) is 17.2 Å². The Kier molecular flexibility index (Phi) is 6.50. The first kappa shape index (κ1) is 27.5. The summed E-state index contributed by atoms with van der Waals surface area (Å²) < 4.78 is 12.1. The van der Waals surface area contributed by atoms with Crippen molar-refractivity contribution in [1.29, 1.82) is 0 Å². The van der Waals surface area contributed by atoms with Gasteiger partial charge in [-0.2, -0.15) is 0 Å². The van der Waals surface area contributed by atoms with Crippen molar-refractivity contribution >= 4 is 27.5 Å². The number of carbonyl (C=O) groups excluding carboxylic acids is 1. The van der Waals surface area contributed by atoms with Gasteiger partial charge in [-0.25, -0.2) is 0 Å². The van der Waals surface area contributed by atoms with Crippen LogP contribution in [0.3, 0.4) is 0 Å². The van der Waals surface area contributed by atoms with Crippen molar-refractivity contribution in [2.45, 2.75) is 57.8 Å². The molecule has 5 aromatic rings. The van der Waals surface area contributed by atoms with Gasteiger partial charge in [0.15, 0.2) is 0 Å². The first-order chi connectivity index (χ1) is 20.7. The van der Waals surface area contributed by atoms with Gasteiger partial charge in [0.1, 0.15) is 17.2 Å². The summed E-state index contributed by atoms with van der Waals surface area (Å²) in [5.41, 5.74) is 3.98. The SMILES string of the molecule is COc1ccc2c(c1)[C@@]1(C)CCCC(C)(C)[C@@H]1C[C@H]2C(=O)Oc1ccc2ccccc2c1-c1cccc2cccc(O)c12. The fourth-order valence-corrected chi connectivity index (χ4v) is 8.39. The summed E-state index contributed by atoms with van der Waals surface area (Å²) in [6.07, 6.45) is 4.17. The molecule has 0 spiro atoms. The monoisotopic (exact) mass is 570 g/mol. The molecule has 7 rings (SSSR count). The summed E-state index contributed by atoms with van der Waals surface area (Å²) >= 11 is 0. The predicted octanol–water partition coefficient (Wildman–Crippen LogP) is 9.55.